The number of hydrogen-bond acceptors (Lipinski definition) is 2. The summed E-state index contributed by atoms with van der Waals surface area (Å²) >= 11 is 0. The Labute approximate surface area is 55.5 Å². The van der Waals surface area contributed by atoms with Gasteiger partial charge in [-0.05, 0) is 25.7 Å². The van der Waals surface area contributed by atoms with Crippen LogP contribution < -0.4 is 0 Å². The predicted molar refractivity (Wildman–Crippen MR) is 36.3 cm³/mol. The zero-order chi connectivity index (χ0) is 6.53. The van der Waals surface area contributed by atoms with E-state index in [1.807, 2.05) is 0 Å². The molecular formula is C7H12N2. The SMILES string of the molecule is N=NC1=CCCCCC1. The maximum Gasteiger partial charge on any atom is 0.0583 e. The molecule has 2 heteroatoms. The second kappa shape index (κ2) is 3.38. The van der Waals surface area contributed by atoms with E-state index in [4.69, 9.17) is 5.53 Å². The summed E-state index contributed by atoms with van der Waals surface area (Å²) in [6.45, 7) is 0. The highest BCUT2D eigenvalue weighted by atomic mass is 15.0. The van der Waals surface area contributed by atoms with E-state index in [-0.39, 0.29) is 0 Å². The van der Waals surface area contributed by atoms with Crippen molar-refractivity contribution in [1.29, 1.82) is 5.53 Å². The van der Waals surface area contributed by atoms with Gasteiger partial charge in [-0.15, -0.1) is 0 Å². The molecule has 1 aliphatic carbocycles. The van der Waals surface area contributed by atoms with Gasteiger partial charge in [-0.2, -0.15) is 5.11 Å². The van der Waals surface area contributed by atoms with Gasteiger partial charge in [0.05, 0.1) is 5.70 Å². The fourth-order valence-electron chi connectivity index (χ4n) is 1.10. The second-order valence-corrected chi connectivity index (χ2v) is 2.41. The molecule has 0 saturated heterocycles. The molecule has 0 aliphatic heterocycles. The molecule has 50 valence electrons. The molecule has 0 saturated carbocycles. The Morgan fingerprint density at radius 1 is 1.33 bits per heavy atom. The van der Waals surface area contributed by atoms with Crippen LogP contribution >= 0.6 is 0 Å². The maximum atomic E-state index is 6.75. The van der Waals surface area contributed by atoms with Crippen LogP contribution in [0.2, 0.25) is 0 Å². The van der Waals surface area contributed by atoms with E-state index in [2.05, 4.69) is 11.2 Å². The molecule has 0 atom stereocenters. The molecule has 1 aliphatic rings. The molecule has 0 aromatic carbocycles. The lowest BCUT2D eigenvalue weighted by atomic mass is 10.2. The van der Waals surface area contributed by atoms with Crippen LogP contribution in [-0.4, -0.2) is 0 Å². The minimum Gasteiger partial charge on any atom is -0.205 e. The smallest absolute Gasteiger partial charge is 0.0583 e. The Balaban J connectivity index is 2.46. The minimum absolute atomic E-state index is 0.979. The van der Waals surface area contributed by atoms with Crippen molar-refractivity contribution in [2.45, 2.75) is 32.1 Å². The molecule has 0 bridgehead atoms. The van der Waals surface area contributed by atoms with Gasteiger partial charge >= 0.3 is 0 Å². The Morgan fingerprint density at radius 3 is 3.00 bits per heavy atom. The summed E-state index contributed by atoms with van der Waals surface area (Å²) in [7, 11) is 0. The van der Waals surface area contributed by atoms with Crippen molar-refractivity contribution in [2.24, 2.45) is 5.11 Å². The fourth-order valence-corrected chi connectivity index (χ4v) is 1.10. The first-order valence-corrected chi connectivity index (χ1v) is 3.50. The van der Waals surface area contributed by atoms with Crippen LogP contribution in [0.4, 0.5) is 0 Å². The Bertz CT molecular complexity index is 127. The van der Waals surface area contributed by atoms with E-state index in [9.17, 15) is 0 Å². The van der Waals surface area contributed by atoms with Gasteiger partial charge in [-0.3, -0.25) is 0 Å². The molecule has 0 aromatic heterocycles. The van der Waals surface area contributed by atoms with Gasteiger partial charge in [0.15, 0.2) is 0 Å². The van der Waals surface area contributed by atoms with E-state index in [1.165, 1.54) is 19.3 Å². The quantitative estimate of drug-likeness (QED) is 0.522. The van der Waals surface area contributed by atoms with Crippen LogP contribution in [0.1, 0.15) is 32.1 Å². The van der Waals surface area contributed by atoms with Crippen molar-refractivity contribution in [3.8, 4) is 0 Å². The number of allylic oxidation sites excluding steroid dienone is 2. The molecule has 0 spiro atoms. The highest BCUT2D eigenvalue weighted by Gasteiger charge is 1.99. The Hall–Kier alpha value is -0.660. The number of hydrogen-bond donors (Lipinski definition) is 1. The van der Waals surface area contributed by atoms with E-state index >= 15 is 0 Å². The third-order valence-corrected chi connectivity index (χ3v) is 1.66. The first-order chi connectivity index (χ1) is 4.43. The molecule has 9 heavy (non-hydrogen) atoms. The monoisotopic (exact) mass is 124 g/mol. The van der Waals surface area contributed by atoms with E-state index in [0.29, 0.717) is 0 Å². The number of rotatable bonds is 1. The van der Waals surface area contributed by atoms with E-state index in [1.54, 1.807) is 0 Å². The molecular weight excluding hydrogens is 112 g/mol. The zero-order valence-corrected chi connectivity index (χ0v) is 5.56. The predicted octanol–water partition coefficient (Wildman–Crippen LogP) is 2.87. The number of nitrogens with one attached hydrogen (secondary N) is 1. The first kappa shape index (κ1) is 6.46. The fraction of sp³-hybridized carbons (Fsp3) is 0.714. The van der Waals surface area contributed by atoms with Crippen LogP contribution in [0, 0.1) is 5.53 Å². The van der Waals surface area contributed by atoms with Crippen molar-refractivity contribution < 1.29 is 0 Å². The van der Waals surface area contributed by atoms with Gasteiger partial charge in [0.2, 0.25) is 0 Å². The minimum atomic E-state index is 0.979. The largest absolute Gasteiger partial charge is 0.205 e. The van der Waals surface area contributed by atoms with Crippen LogP contribution in [0.5, 0.6) is 0 Å². The average Bonchev–Trinajstić information content (AvgIpc) is 2.13. The van der Waals surface area contributed by atoms with Crippen molar-refractivity contribution in [3.05, 3.63) is 11.8 Å². The third kappa shape index (κ3) is 1.96. The standard InChI is InChI=1S/C7H12N2/c8-9-7-5-3-1-2-4-6-7/h5,8H,1-4,6H2. The van der Waals surface area contributed by atoms with Gasteiger partial charge in [0, 0.05) is 0 Å². The summed E-state index contributed by atoms with van der Waals surface area (Å²) in [4.78, 5) is 0. The van der Waals surface area contributed by atoms with Crippen LogP contribution in [0.3, 0.4) is 0 Å². The summed E-state index contributed by atoms with van der Waals surface area (Å²) in [5.74, 6) is 0. The van der Waals surface area contributed by atoms with Crippen molar-refractivity contribution in [2.75, 3.05) is 0 Å². The summed E-state index contributed by atoms with van der Waals surface area (Å²) in [6, 6.07) is 0. The summed E-state index contributed by atoms with van der Waals surface area (Å²) in [5.41, 5.74) is 7.73. The molecule has 0 unspecified atom stereocenters. The summed E-state index contributed by atoms with van der Waals surface area (Å²) in [6.07, 6.45) is 8.02. The zero-order valence-electron chi connectivity index (χ0n) is 5.56. The first-order valence-electron chi connectivity index (χ1n) is 3.50. The van der Waals surface area contributed by atoms with Crippen LogP contribution in [-0.2, 0) is 0 Å². The molecule has 2 nitrogen and oxygen atoms in total. The van der Waals surface area contributed by atoms with Crippen LogP contribution in [0.15, 0.2) is 16.9 Å². The van der Waals surface area contributed by atoms with Gasteiger partial charge < -0.3 is 0 Å². The second-order valence-electron chi connectivity index (χ2n) is 2.41. The van der Waals surface area contributed by atoms with Crippen molar-refractivity contribution >= 4 is 0 Å². The maximum absolute atomic E-state index is 6.75. The number of nitrogens with zero attached hydrogens (tertiary/aromatic N) is 1. The van der Waals surface area contributed by atoms with Gasteiger partial charge in [0.1, 0.15) is 0 Å². The Kier molecular flexibility index (Phi) is 2.43. The van der Waals surface area contributed by atoms with Gasteiger partial charge in [-0.1, -0.05) is 12.5 Å². The van der Waals surface area contributed by atoms with E-state index < -0.39 is 0 Å². The van der Waals surface area contributed by atoms with Crippen LogP contribution in [0.25, 0.3) is 0 Å². The molecule has 0 heterocycles. The Morgan fingerprint density at radius 2 is 2.22 bits per heavy atom. The highest BCUT2D eigenvalue weighted by molar-refractivity contribution is 4.99. The van der Waals surface area contributed by atoms with Gasteiger partial charge in [-0.25, -0.2) is 5.53 Å². The highest BCUT2D eigenvalue weighted by Crippen LogP contribution is 2.17. The topological polar surface area (TPSA) is 36.2 Å². The van der Waals surface area contributed by atoms with Gasteiger partial charge in [0.25, 0.3) is 0 Å². The third-order valence-electron chi connectivity index (χ3n) is 1.66. The van der Waals surface area contributed by atoms with E-state index in [0.717, 1.165) is 18.5 Å². The van der Waals surface area contributed by atoms with Crippen molar-refractivity contribution in [3.63, 3.8) is 0 Å². The summed E-state index contributed by atoms with van der Waals surface area (Å²) in [5, 5.41) is 3.42. The molecule has 1 rings (SSSR count). The average molecular weight is 124 g/mol. The molecule has 0 amide bonds. The molecule has 0 radical (unpaired) electrons. The van der Waals surface area contributed by atoms with Crippen molar-refractivity contribution in [1.82, 2.24) is 0 Å². The molecule has 1 N–H and O–H groups in total. The normalized spacial score (nSPS) is 20.2. The lowest BCUT2D eigenvalue weighted by Crippen LogP contribution is -1.73. The molecule has 0 aromatic rings. The summed E-state index contributed by atoms with van der Waals surface area (Å²) < 4.78 is 0. The molecule has 0 fully saturated rings. The lowest BCUT2D eigenvalue weighted by Gasteiger charge is -1.91. The lowest BCUT2D eigenvalue weighted by molar-refractivity contribution is 0.706.